The summed E-state index contributed by atoms with van der Waals surface area (Å²) in [6, 6.07) is 30.7. The highest BCUT2D eigenvalue weighted by Gasteiger charge is 2.34. The first-order valence-electron chi connectivity index (χ1n) is 14.6. The van der Waals surface area contributed by atoms with Crippen molar-refractivity contribution in [2.24, 2.45) is 0 Å². The van der Waals surface area contributed by atoms with E-state index in [0.717, 1.165) is 59.7 Å². The number of rotatable bonds is 6. The van der Waals surface area contributed by atoms with Crippen LogP contribution < -0.4 is 0 Å². The van der Waals surface area contributed by atoms with Crippen LogP contribution in [0.4, 0.5) is 8.78 Å². The highest BCUT2D eigenvalue weighted by atomic mass is 19.1. The third-order valence-corrected chi connectivity index (χ3v) is 8.88. The average Bonchev–Trinajstić information content (AvgIpc) is 3.51. The van der Waals surface area contributed by atoms with Crippen molar-refractivity contribution < 1.29 is 8.78 Å². The Morgan fingerprint density at radius 1 is 0.524 bits per heavy atom. The third-order valence-electron chi connectivity index (χ3n) is 8.88. The molecule has 0 spiro atoms. The molecule has 2 atom stereocenters. The molecule has 1 fully saturated rings. The van der Waals surface area contributed by atoms with Gasteiger partial charge in [-0.3, -0.25) is 9.80 Å². The summed E-state index contributed by atoms with van der Waals surface area (Å²) in [5.74, 6) is -0.455. The number of halogens is 2. The normalized spacial score (nSPS) is 16.3. The first kappa shape index (κ1) is 26.6. The van der Waals surface area contributed by atoms with Crippen LogP contribution in [-0.2, 0) is 0 Å². The molecule has 42 heavy (non-hydrogen) atoms. The average molecular weight is 561 g/mol. The number of para-hydroxylation sites is 2. The minimum atomic E-state index is -0.228. The summed E-state index contributed by atoms with van der Waals surface area (Å²) in [7, 11) is 0. The molecular weight excluding hydrogens is 526 g/mol. The van der Waals surface area contributed by atoms with Gasteiger partial charge in [-0.2, -0.15) is 0 Å². The van der Waals surface area contributed by atoms with Gasteiger partial charge in [-0.25, -0.2) is 8.78 Å². The number of nitrogens with zero attached hydrogens (tertiary/aromatic N) is 2. The fourth-order valence-corrected chi connectivity index (χ4v) is 6.97. The molecule has 7 rings (SSSR count). The van der Waals surface area contributed by atoms with E-state index in [4.69, 9.17) is 0 Å². The van der Waals surface area contributed by atoms with Crippen LogP contribution in [0, 0.1) is 25.5 Å². The number of nitrogens with one attached hydrogen (secondary N) is 2. The van der Waals surface area contributed by atoms with Gasteiger partial charge >= 0.3 is 0 Å². The van der Waals surface area contributed by atoms with E-state index in [1.165, 1.54) is 21.9 Å². The van der Waals surface area contributed by atoms with Crippen molar-refractivity contribution >= 4 is 21.8 Å². The molecule has 0 amide bonds. The number of aromatic nitrogens is 2. The summed E-state index contributed by atoms with van der Waals surface area (Å²) in [4.78, 5) is 12.2. The zero-order valence-corrected chi connectivity index (χ0v) is 23.9. The van der Waals surface area contributed by atoms with E-state index in [-0.39, 0.29) is 23.7 Å². The molecule has 0 saturated carbocycles. The van der Waals surface area contributed by atoms with E-state index in [2.05, 4.69) is 82.1 Å². The van der Waals surface area contributed by atoms with E-state index in [9.17, 15) is 8.78 Å². The first-order chi connectivity index (χ1) is 20.5. The number of aryl methyl sites for hydroxylation is 2. The predicted octanol–water partition coefficient (Wildman–Crippen LogP) is 8.04. The topological polar surface area (TPSA) is 38.1 Å². The summed E-state index contributed by atoms with van der Waals surface area (Å²) in [6.07, 6.45) is 0. The molecule has 4 aromatic carbocycles. The van der Waals surface area contributed by atoms with Crippen LogP contribution >= 0.6 is 0 Å². The van der Waals surface area contributed by atoms with E-state index in [1.54, 1.807) is 24.3 Å². The predicted molar refractivity (Wildman–Crippen MR) is 166 cm³/mol. The molecule has 6 aromatic rings. The minimum Gasteiger partial charge on any atom is -0.358 e. The Labute approximate surface area is 244 Å². The smallest absolute Gasteiger partial charge is 0.123 e. The molecule has 0 bridgehead atoms. The second-order valence-corrected chi connectivity index (χ2v) is 11.4. The number of H-pyrrole nitrogens is 2. The van der Waals surface area contributed by atoms with Crippen molar-refractivity contribution in [1.82, 2.24) is 19.8 Å². The number of aromatic amines is 2. The summed E-state index contributed by atoms with van der Waals surface area (Å²) in [5, 5.41) is 2.40. The minimum absolute atomic E-state index is 0.0111. The van der Waals surface area contributed by atoms with Gasteiger partial charge in [0.2, 0.25) is 0 Å². The van der Waals surface area contributed by atoms with Gasteiger partial charge in [0, 0.05) is 70.5 Å². The number of hydrogen-bond donors (Lipinski definition) is 2. The summed E-state index contributed by atoms with van der Waals surface area (Å²) in [6.45, 7) is 7.60. The van der Waals surface area contributed by atoms with Crippen molar-refractivity contribution in [2.75, 3.05) is 26.2 Å². The van der Waals surface area contributed by atoms with E-state index < -0.39 is 0 Å². The molecule has 4 nitrogen and oxygen atoms in total. The van der Waals surface area contributed by atoms with Crippen LogP contribution in [0.5, 0.6) is 0 Å². The quantitative estimate of drug-likeness (QED) is 0.216. The van der Waals surface area contributed by atoms with Gasteiger partial charge in [-0.05, 0) is 61.4 Å². The van der Waals surface area contributed by atoms with Crippen LogP contribution in [0.1, 0.15) is 45.7 Å². The molecular formula is C36H34F2N4. The lowest BCUT2D eigenvalue weighted by molar-refractivity contribution is 0.0902. The Bertz CT molecular complexity index is 1710. The third kappa shape index (κ3) is 4.71. The largest absolute Gasteiger partial charge is 0.358 e. The van der Waals surface area contributed by atoms with Gasteiger partial charge in [0.15, 0.2) is 0 Å². The van der Waals surface area contributed by atoms with Gasteiger partial charge in [-0.1, -0.05) is 60.7 Å². The number of piperazine rings is 1. The highest BCUT2D eigenvalue weighted by Crippen LogP contribution is 2.40. The zero-order chi connectivity index (χ0) is 28.8. The number of fused-ring (bicyclic) bond motifs is 2. The summed E-state index contributed by atoms with van der Waals surface area (Å²) < 4.78 is 28.0. The number of benzene rings is 4. The Balaban J connectivity index is 1.26. The summed E-state index contributed by atoms with van der Waals surface area (Å²) in [5.41, 5.74) is 9.14. The van der Waals surface area contributed by atoms with E-state index in [1.807, 2.05) is 24.3 Å². The molecule has 0 aliphatic carbocycles. The lowest BCUT2D eigenvalue weighted by atomic mass is 9.92. The van der Waals surface area contributed by atoms with Crippen molar-refractivity contribution in [1.29, 1.82) is 0 Å². The molecule has 1 aliphatic rings. The van der Waals surface area contributed by atoms with Crippen molar-refractivity contribution in [3.63, 3.8) is 0 Å². The first-order valence-corrected chi connectivity index (χ1v) is 14.6. The Morgan fingerprint density at radius 3 is 1.26 bits per heavy atom. The number of hydrogen-bond acceptors (Lipinski definition) is 2. The fourth-order valence-electron chi connectivity index (χ4n) is 6.97. The second kappa shape index (κ2) is 10.9. The van der Waals surface area contributed by atoms with Gasteiger partial charge in [-0.15, -0.1) is 0 Å². The van der Waals surface area contributed by atoms with Gasteiger partial charge in [0.05, 0.1) is 12.1 Å². The summed E-state index contributed by atoms with van der Waals surface area (Å²) >= 11 is 0. The zero-order valence-electron chi connectivity index (χ0n) is 23.9. The van der Waals surface area contributed by atoms with Crippen molar-refractivity contribution in [3.8, 4) is 0 Å². The van der Waals surface area contributed by atoms with E-state index >= 15 is 0 Å². The molecule has 6 heteroatoms. The maximum Gasteiger partial charge on any atom is 0.123 e. The molecule has 1 saturated heterocycles. The molecule has 2 aromatic heterocycles. The monoisotopic (exact) mass is 560 g/mol. The SMILES string of the molecule is Cc1[nH]c2ccccc2c1[C@@H](c1ccc(F)cc1)N1CCN([C@@H](c2ccc(F)cc2)c2c(C)[nH]c3ccccc23)CC1. The Kier molecular flexibility index (Phi) is 6.88. The van der Waals surface area contributed by atoms with Crippen molar-refractivity contribution in [3.05, 3.63) is 142 Å². The van der Waals surface area contributed by atoms with Gasteiger partial charge in [0.25, 0.3) is 0 Å². The molecule has 212 valence electrons. The van der Waals surface area contributed by atoms with Crippen LogP contribution in [0.25, 0.3) is 21.8 Å². The second-order valence-electron chi connectivity index (χ2n) is 11.4. The van der Waals surface area contributed by atoms with E-state index in [0.29, 0.717) is 0 Å². The Morgan fingerprint density at radius 2 is 0.881 bits per heavy atom. The van der Waals surface area contributed by atoms with Gasteiger partial charge in [0.1, 0.15) is 11.6 Å². The standard InChI is InChI=1S/C36H34F2N4/c1-23-33(29-7-3-5-9-31(29)39-23)35(25-11-15-27(37)16-12-25)41-19-21-42(22-20-41)36(26-13-17-28(38)18-14-26)34-24(2)40-32-10-6-4-8-30(32)34/h3-18,35-36,39-40H,19-22H2,1-2H3/t35-,36+. The molecule has 1 aliphatic heterocycles. The lowest BCUT2D eigenvalue weighted by Crippen LogP contribution is -2.49. The molecule has 0 unspecified atom stereocenters. The van der Waals surface area contributed by atoms with Gasteiger partial charge < -0.3 is 9.97 Å². The Hall–Kier alpha value is -4.26. The maximum absolute atomic E-state index is 14.0. The molecule has 3 heterocycles. The lowest BCUT2D eigenvalue weighted by Gasteiger charge is -2.43. The molecule has 2 N–H and O–H groups in total. The molecule has 0 radical (unpaired) electrons. The van der Waals surface area contributed by atoms with Crippen LogP contribution in [0.15, 0.2) is 97.1 Å². The van der Waals surface area contributed by atoms with Crippen molar-refractivity contribution in [2.45, 2.75) is 25.9 Å². The van der Waals surface area contributed by atoms with Crippen LogP contribution in [0.2, 0.25) is 0 Å². The maximum atomic E-state index is 14.0. The highest BCUT2D eigenvalue weighted by molar-refractivity contribution is 5.86. The fraction of sp³-hybridized carbons (Fsp3) is 0.222. The van der Waals surface area contributed by atoms with Crippen LogP contribution in [0.3, 0.4) is 0 Å². The van der Waals surface area contributed by atoms with Crippen LogP contribution in [-0.4, -0.2) is 45.9 Å².